The van der Waals surface area contributed by atoms with Crippen LogP contribution in [0.5, 0.6) is 11.5 Å². The number of phenols is 2. The molecule has 4 atom stereocenters. The van der Waals surface area contributed by atoms with E-state index in [4.69, 9.17) is 39.5 Å². The van der Waals surface area contributed by atoms with Crippen molar-refractivity contribution in [2.24, 2.45) is 34.5 Å². The molecule has 0 saturated heterocycles. The quantitative estimate of drug-likeness (QED) is 0.0232. The Morgan fingerprint density at radius 2 is 0.960 bits per heavy atom. The van der Waals surface area contributed by atoms with Crippen LogP contribution in [-0.2, 0) is 64.3 Å². The zero-order valence-electron chi connectivity index (χ0n) is 45.5. The number of phenolic OH excluding ortho intramolecular Hbond substituents is 2. The highest BCUT2D eigenvalue weighted by atomic mass is 16.6. The fourth-order valence-electron chi connectivity index (χ4n) is 7.06. The number of carbonyl (C=O) groups is 4. The molecule has 17 heteroatoms. The van der Waals surface area contributed by atoms with Gasteiger partial charge in [0, 0.05) is 25.9 Å². The largest absolute Gasteiger partial charge is 0.506 e. The first-order valence-electron chi connectivity index (χ1n) is 25.0. The van der Waals surface area contributed by atoms with Gasteiger partial charge in [-0.15, -0.1) is 0 Å². The number of nitrogen functional groups attached to an aromatic ring is 1. The molecule has 0 aromatic heterocycles. The molecule has 4 rings (SSSR count). The van der Waals surface area contributed by atoms with Gasteiger partial charge in [-0.1, -0.05) is 142 Å². The predicted molar refractivity (Wildman–Crippen MR) is 287 cm³/mol. The Labute approximate surface area is 443 Å². The average Bonchev–Trinajstić information content (AvgIpc) is 3.33. The molecule has 3 amide bonds. The van der Waals surface area contributed by atoms with Gasteiger partial charge in [-0.2, -0.15) is 19.2 Å². The summed E-state index contributed by atoms with van der Waals surface area (Å²) < 4.78 is 10.1. The summed E-state index contributed by atoms with van der Waals surface area (Å²) in [4.78, 5) is 78.0. The van der Waals surface area contributed by atoms with E-state index in [-0.39, 0.29) is 61.2 Å². The van der Waals surface area contributed by atoms with Crippen LogP contribution in [0.1, 0.15) is 130 Å². The summed E-state index contributed by atoms with van der Waals surface area (Å²) in [6.07, 6.45) is 4.83. The second-order valence-corrected chi connectivity index (χ2v) is 20.7. The Bertz CT molecular complexity index is 2320. The summed E-state index contributed by atoms with van der Waals surface area (Å²) in [6.45, 7) is 23.9. The van der Waals surface area contributed by atoms with Crippen molar-refractivity contribution in [2.45, 2.75) is 134 Å². The van der Waals surface area contributed by atoms with Crippen molar-refractivity contribution in [3.8, 4) is 11.5 Å². The highest BCUT2D eigenvalue weighted by molar-refractivity contribution is 5.92. The fraction of sp³-hybridized carbons (Fsp3) is 0.483. The van der Waals surface area contributed by atoms with E-state index in [0.717, 1.165) is 36.0 Å². The van der Waals surface area contributed by atoms with Crippen LogP contribution < -0.4 is 21.7 Å². The number of aromatic hydroxyl groups is 2. The van der Waals surface area contributed by atoms with E-state index in [1.165, 1.54) is 12.0 Å². The molecule has 75 heavy (non-hydrogen) atoms. The number of hydrogen-bond acceptors (Lipinski definition) is 13. The number of hydrogen-bond donors (Lipinski definition) is 7. The molecule has 2 unspecified atom stereocenters. The van der Waals surface area contributed by atoms with Gasteiger partial charge in [-0.05, 0) is 120 Å². The number of amides is 3. The van der Waals surface area contributed by atoms with Crippen molar-refractivity contribution in [3.63, 3.8) is 0 Å². The number of carbonyl (C=O) groups excluding carboxylic acids is 7. The van der Waals surface area contributed by atoms with Gasteiger partial charge >= 0.3 is 30.5 Å². The lowest BCUT2D eigenvalue weighted by Crippen LogP contribution is -2.26. The molecule has 0 spiro atoms. The number of ether oxygens (including phenoxy) is 2. The van der Waals surface area contributed by atoms with Crippen molar-refractivity contribution < 1.29 is 63.1 Å². The number of carboxylic acids is 1. The summed E-state index contributed by atoms with van der Waals surface area (Å²) in [6, 6.07) is 29.7. The molecule has 0 bridgehead atoms. The molecule has 0 heterocycles. The summed E-state index contributed by atoms with van der Waals surface area (Å²) >= 11 is 0. The molecular weight excluding hydrogens is 961 g/mol. The van der Waals surface area contributed by atoms with E-state index in [9.17, 15) is 29.4 Å². The molecule has 412 valence electrons. The number of rotatable bonds is 21. The van der Waals surface area contributed by atoms with Crippen LogP contribution in [0.4, 0.5) is 21.0 Å². The molecule has 0 saturated carbocycles. The third-order valence-electron chi connectivity index (χ3n) is 12.2. The molecule has 0 aliphatic heterocycles. The maximum absolute atomic E-state index is 12.3. The lowest BCUT2D eigenvalue weighted by atomic mass is 9.76. The monoisotopic (exact) mass is 1040 g/mol. The maximum Gasteiger partial charge on any atom is 0.407 e. The van der Waals surface area contributed by atoms with Crippen molar-refractivity contribution in [2.75, 3.05) is 24.1 Å². The number of nitrogens with one attached hydrogen (secondary N) is 3. The van der Waals surface area contributed by atoms with Crippen LogP contribution >= 0.6 is 0 Å². The van der Waals surface area contributed by atoms with Crippen molar-refractivity contribution in [1.29, 1.82) is 0 Å². The van der Waals surface area contributed by atoms with E-state index in [0.29, 0.717) is 66.4 Å². The molecule has 4 aromatic carbocycles. The highest BCUT2D eigenvalue weighted by Crippen LogP contribution is 2.34. The number of alkyl carbamates (subject to hydrolysis) is 2. The molecule has 0 radical (unpaired) electrons. The predicted octanol–water partition coefficient (Wildman–Crippen LogP) is 11.1. The van der Waals surface area contributed by atoms with Gasteiger partial charge in [-0.25, -0.2) is 9.59 Å². The topological polar surface area (TPSA) is 278 Å². The Hall–Kier alpha value is -7.48. The van der Waals surface area contributed by atoms with Gasteiger partial charge in [0.2, 0.25) is 5.91 Å². The van der Waals surface area contributed by atoms with Crippen LogP contribution in [-0.4, -0.2) is 64.8 Å². The van der Waals surface area contributed by atoms with Crippen LogP contribution in [0.3, 0.4) is 0 Å². The molecule has 17 nitrogen and oxygen atoms in total. The van der Waals surface area contributed by atoms with Gasteiger partial charge in [0.15, 0.2) is 0 Å². The van der Waals surface area contributed by atoms with E-state index < -0.39 is 18.2 Å². The van der Waals surface area contributed by atoms with Crippen molar-refractivity contribution in [1.82, 2.24) is 10.6 Å². The second kappa shape index (κ2) is 37.3. The number of nitrogens with two attached hydrogens (primary N) is 1. The SMILES string of the molecule is CC(C[C@@H](C)Cc1ccc(O)c(N)c1)C(C)(C)C.CC(C[C@@H](C)Cc1ccc(O)c(NC(=O)CCCNC(=O)OCc2ccccc2)c1)C(C)(C)C.O=C(O)CCCNC(=O)OCc1ccccc1.O=C=O.O=C=O. The first-order chi connectivity index (χ1) is 35.2. The van der Waals surface area contributed by atoms with Gasteiger partial charge in [0.1, 0.15) is 24.7 Å². The Morgan fingerprint density at radius 1 is 0.573 bits per heavy atom. The Balaban J connectivity index is 0.00000112. The average molecular weight is 1040 g/mol. The van der Waals surface area contributed by atoms with Crippen LogP contribution in [0.25, 0.3) is 0 Å². The van der Waals surface area contributed by atoms with Crippen LogP contribution in [0.2, 0.25) is 0 Å². The zero-order valence-corrected chi connectivity index (χ0v) is 45.5. The van der Waals surface area contributed by atoms with Gasteiger partial charge in [-0.3, -0.25) is 9.59 Å². The van der Waals surface area contributed by atoms with Gasteiger partial charge < -0.3 is 46.5 Å². The van der Waals surface area contributed by atoms with Crippen LogP contribution in [0.15, 0.2) is 97.1 Å². The smallest absolute Gasteiger partial charge is 0.407 e. The highest BCUT2D eigenvalue weighted by Gasteiger charge is 2.23. The standard InChI is InChI=1S/C28H40N2O4.C16H27NO.C12H15NO4.2CO2/c1-20(16-21(2)28(3,4)5)17-23-13-14-25(31)24(18-23)30-26(32)12-9-15-29-27(33)34-19-22-10-7-6-8-11-22;1-11(8-12(2)16(3,4)5)9-13-6-7-15(18)14(17)10-13;14-11(15)7-4-8-13-12(16)17-9-10-5-2-1-3-6-10;2*2-1-3/h6-8,10-11,13-14,18,20-21,31H,9,12,15-17,19H2,1-5H3,(H,29,33)(H,30,32);6-7,10-12,18H,8-9,17H2,1-5H3;1-3,5-6H,4,7-9H2,(H,13,16)(H,14,15);;/t20-,21?;11-,12?;;;/m11.../s1. The molecule has 0 aliphatic rings. The molecule has 0 aliphatic carbocycles. The first kappa shape index (κ1) is 67.5. The minimum absolute atomic E-state index is 0.0406. The second-order valence-electron chi connectivity index (χ2n) is 20.7. The summed E-state index contributed by atoms with van der Waals surface area (Å²) in [7, 11) is 0. The van der Waals surface area contributed by atoms with E-state index in [1.54, 1.807) is 12.1 Å². The van der Waals surface area contributed by atoms with Crippen molar-refractivity contribution >= 4 is 47.7 Å². The number of carboxylic acid groups (broad SMARTS) is 1. The van der Waals surface area contributed by atoms with Crippen LogP contribution in [0, 0.1) is 34.5 Å². The first-order valence-corrected chi connectivity index (χ1v) is 25.0. The minimum Gasteiger partial charge on any atom is -0.506 e. The molecule has 4 aromatic rings. The number of aliphatic carboxylic acids is 1. The minimum atomic E-state index is -0.871. The Kier molecular flexibility index (Phi) is 33.6. The fourth-order valence-corrected chi connectivity index (χ4v) is 7.06. The van der Waals surface area contributed by atoms with Gasteiger partial charge in [0.05, 0.1) is 11.4 Å². The third kappa shape index (κ3) is 33.8. The summed E-state index contributed by atoms with van der Waals surface area (Å²) in [5.74, 6) is 1.57. The maximum atomic E-state index is 12.3. The summed E-state index contributed by atoms with van der Waals surface area (Å²) in [5.41, 5.74) is 11.4. The van der Waals surface area contributed by atoms with E-state index >= 15 is 0 Å². The van der Waals surface area contributed by atoms with E-state index in [2.05, 4.69) is 85.2 Å². The lowest BCUT2D eigenvalue weighted by Gasteiger charge is -2.29. The molecular formula is C58H82N4O13. The lowest BCUT2D eigenvalue weighted by molar-refractivity contribution is -0.193. The molecule has 0 fully saturated rings. The zero-order chi connectivity index (χ0) is 57.0. The van der Waals surface area contributed by atoms with Gasteiger partial charge in [0.25, 0.3) is 0 Å². The normalized spacial score (nSPS) is 12.0. The number of benzene rings is 4. The third-order valence-corrected chi connectivity index (χ3v) is 12.2. The molecule has 8 N–H and O–H groups in total. The summed E-state index contributed by atoms with van der Waals surface area (Å²) in [5, 5.41) is 35.9. The Morgan fingerprint density at radius 3 is 1.35 bits per heavy atom. The van der Waals surface area contributed by atoms with Crippen molar-refractivity contribution in [3.05, 3.63) is 119 Å². The van der Waals surface area contributed by atoms with E-state index in [1.807, 2.05) is 84.9 Å². The number of anilines is 2.